The Kier molecular flexibility index (Phi) is 2.35. The van der Waals surface area contributed by atoms with E-state index in [9.17, 15) is 9.59 Å². The van der Waals surface area contributed by atoms with Crippen LogP contribution >= 0.6 is 11.8 Å². The first-order chi connectivity index (χ1) is 7.07. The summed E-state index contributed by atoms with van der Waals surface area (Å²) in [6.07, 6.45) is 0. The van der Waals surface area contributed by atoms with Gasteiger partial charge in [0.05, 0.1) is 12.9 Å². The molecule has 0 aliphatic carbocycles. The van der Waals surface area contributed by atoms with Crippen molar-refractivity contribution in [3.8, 4) is 0 Å². The Morgan fingerprint density at radius 2 is 2.40 bits per heavy atom. The van der Waals surface area contributed by atoms with E-state index in [0.29, 0.717) is 11.5 Å². The molecule has 2 aliphatic heterocycles. The van der Waals surface area contributed by atoms with Crippen LogP contribution in [0.2, 0.25) is 0 Å². The summed E-state index contributed by atoms with van der Waals surface area (Å²) in [4.78, 5) is 23.6. The van der Waals surface area contributed by atoms with Crippen molar-refractivity contribution >= 4 is 23.6 Å². The minimum Gasteiger partial charge on any atom is -0.498 e. The van der Waals surface area contributed by atoms with Gasteiger partial charge in [0.1, 0.15) is 17.2 Å². The van der Waals surface area contributed by atoms with Gasteiger partial charge in [-0.05, 0) is 0 Å². The summed E-state index contributed by atoms with van der Waals surface area (Å²) in [6, 6.07) is -0.595. The monoisotopic (exact) mass is 230 g/mol. The van der Waals surface area contributed by atoms with Crippen LogP contribution in [0, 0.1) is 0 Å². The highest BCUT2D eigenvalue weighted by Gasteiger charge is 2.52. The zero-order chi connectivity index (χ0) is 11.2. The maximum atomic E-state index is 11.4. The zero-order valence-corrected chi connectivity index (χ0v) is 8.78. The number of nitrogens with zero attached hydrogens (tertiary/aromatic N) is 1. The molecule has 1 saturated heterocycles. The molecule has 2 aliphatic rings. The van der Waals surface area contributed by atoms with Crippen molar-refractivity contribution in [2.45, 2.75) is 11.4 Å². The van der Waals surface area contributed by atoms with E-state index < -0.39 is 12.0 Å². The molecule has 7 heteroatoms. The number of nitrogens with two attached hydrogens (primary N) is 1. The standard InChI is InChI=1S/C8H10N2O4S/c1-14-3-2-15-7-4(9)6(11)10(7)5(3)8(12)13/h4,7H,2,9H2,1H3,(H,12,13)/t4?,7-/m1/s1. The first-order valence-corrected chi connectivity index (χ1v) is 5.33. The third-order valence-corrected chi connectivity index (χ3v) is 3.70. The number of rotatable bonds is 2. The molecule has 0 spiro atoms. The third kappa shape index (κ3) is 1.30. The van der Waals surface area contributed by atoms with Gasteiger partial charge in [0.2, 0.25) is 5.91 Å². The van der Waals surface area contributed by atoms with Crippen molar-refractivity contribution in [2.24, 2.45) is 5.73 Å². The Labute approximate surface area is 90.0 Å². The number of β-lactam (4-membered cyclic amide) rings is 1. The number of ether oxygens (including phenoxy) is 1. The first kappa shape index (κ1) is 10.3. The zero-order valence-electron chi connectivity index (χ0n) is 7.97. The minimum absolute atomic E-state index is 0.0760. The highest BCUT2D eigenvalue weighted by atomic mass is 32.2. The summed E-state index contributed by atoms with van der Waals surface area (Å²) in [6.45, 7) is 0. The van der Waals surface area contributed by atoms with Crippen LogP contribution in [-0.2, 0) is 14.3 Å². The molecule has 2 heterocycles. The Morgan fingerprint density at radius 1 is 1.73 bits per heavy atom. The molecule has 0 bridgehead atoms. The van der Waals surface area contributed by atoms with Crippen LogP contribution in [0.25, 0.3) is 0 Å². The fraction of sp³-hybridized carbons (Fsp3) is 0.500. The van der Waals surface area contributed by atoms with Gasteiger partial charge in [-0.3, -0.25) is 9.69 Å². The predicted molar refractivity (Wildman–Crippen MR) is 52.7 cm³/mol. The Hall–Kier alpha value is -1.21. The van der Waals surface area contributed by atoms with E-state index in [2.05, 4.69) is 0 Å². The van der Waals surface area contributed by atoms with Crippen LogP contribution in [0.3, 0.4) is 0 Å². The molecular formula is C8H10N2O4S. The lowest BCUT2D eigenvalue weighted by Gasteiger charge is -2.47. The van der Waals surface area contributed by atoms with Crippen molar-refractivity contribution in [1.82, 2.24) is 4.90 Å². The van der Waals surface area contributed by atoms with Crippen LogP contribution in [-0.4, -0.2) is 46.2 Å². The van der Waals surface area contributed by atoms with Crippen LogP contribution < -0.4 is 5.73 Å². The summed E-state index contributed by atoms with van der Waals surface area (Å²) in [5.74, 6) is -0.777. The van der Waals surface area contributed by atoms with Crippen molar-refractivity contribution in [3.05, 3.63) is 11.5 Å². The van der Waals surface area contributed by atoms with Gasteiger partial charge >= 0.3 is 5.97 Å². The maximum Gasteiger partial charge on any atom is 0.356 e. The highest BCUT2D eigenvalue weighted by Crippen LogP contribution is 2.39. The highest BCUT2D eigenvalue weighted by molar-refractivity contribution is 8.00. The molecule has 6 nitrogen and oxygen atoms in total. The lowest BCUT2D eigenvalue weighted by Crippen LogP contribution is -2.68. The summed E-state index contributed by atoms with van der Waals surface area (Å²) in [5.41, 5.74) is 5.48. The third-order valence-electron chi connectivity index (χ3n) is 2.42. The molecule has 0 aromatic rings. The van der Waals surface area contributed by atoms with Crippen molar-refractivity contribution < 1.29 is 19.4 Å². The van der Waals surface area contributed by atoms with E-state index in [1.165, 1.54) is 23.8 Å². The van der Waals surface area contributed by atoms with Gasteiger partial charge in [0, 0.05) is 0 Å². The number of hydrogen-bond acceptors (Lipinski definition) is 5. The average molecular weight is 230 g/mol. The molecule has 0 radical (unpaired) electrons. The van der Waals surface area contributed by atoms with Crippen molar-refractivity contribution in [2.75, 3.05) is 12.9 Å². The number of carbonyl (C=O) groups is 2. The van der Waals surface area contributed by atoms with Gasteiger partial charge in [0.15, 0.2) is 5.70 Å². The first-order valence-electron chi connectivity index (χ1n) is 4.28. The van der Waals surface area contributed by atoms with Crippen molar-refractivity contribution in [3.63, 3.8) is 0 Å². The SMILES string of the molecule is COC1=C(C(=O)O)N2C(=O)C(N)[C@H]2SC1. The molecule has 1 fully saturated rings. The van der Waals surface area contributed by atoms with Gasteiger partial charge in [-0.1, -0.05) is 0 Å². The Bertz CT molecular complexity index is 368. The largest absolute Gasteiger partial charge is 0.498 e. The van der Waals surface area contributed by atoms with E-state index in [0.717, 1.165) is 0 Å². The minimum atomic E-state index is -1.16. The Morgan fingerprint density at radius 3 is 2.93 bits per heavy atom. The summed E-state index contributed by atoms with van der Waals surface area (Å²) >= 11 is 1.41. The number of aliphatic carboxylic acids is 1. The molecule has 0 aromatic heterocycles. The number of amides is 1. The Balaban J connectivity index is 2.38. The topological polar surface area (TPSA) is 92.9 Å². The number of hydrogen-bond donors (Lipinski definition) is 2. The van der Waals surface area contributed by atoms with Crippen molar-refractivity contribution in [1.29, 1.82) is 0 Å². The van der Waals surface area contributed by atoms with E-state index in [-0.39, 0.29) is 17.0 Å². The number of carboxylic acids is 1. The van der Waals surface area contributed by atoms with E-state index in [1.54, 1.807) is 0 Å². The number of carbonyl (C=O) groups excluding carboxylic acids is 1. The van der Waals surface area contributed by atoms with Crippen LogP contribution in [0.4, 0.5) is 0 Å². The van der Waals surface area contributed by atoms with Gasteiger partial charge < -0.3 is 15.6 Å². The summed E-state index contributed by atoms with van der Waals surface area (Å²) in [7, 11) is 1.39. The van der Waals surface area contributed by atoms with Gasteiger partial charge in [0.25, 0.3) is 0 Å². The average Bonchev–Trinajstić information content (AvgIpc) is 2.25. The molecule has 2 atom stereocenters. The molecule has 2 rings (SSSR count). The van der Waals surface area contributed by atoms with E-state index in [4.69, 9.17) is 15.6 Å². The molecule has 15 heavy (non-hydrogen) atoms. The molecule has 1 unspecified atom stereocenters. The smallest absolute Gasteiger partial charge is 0.356 e. The van der Waals surface area contributed by atoms with Crippen LogP contribution in [0.15, 0.2) is 11.5 Å². The van der Waals surface area contributed by atoms with Gasteiger partial charge in [-0.2, -0.15) is 0 Å². The summed E-state index contributed by atoms with van der Waals surface area (Å²) in [5, 5.41) is 8.72. The van der Waals surface area contributed by atoms with Gasteiger partial charge in [-0.25, -0.2) is 4.79 Å². The molecule has 1 amide bonds. The normalized spacial score (nSPS) is 29.7. The van der Waals surface area contributed by atoms with E-state index >= 15 is 0 Å². The summed E-state index contributed by atoms with van der Waals surface area (Å²) < 4.78 is 4.94. The number of methoxy groups -OCH3 is 1. The molecule has 3 N–H and O–H groups in total. The number of carboxylic acid groups (broad SMARTS) is 1. The second-order valence-corrected chi connectivity index (χ2v) is 4.32. The second-order valence-electron chi connectivity index (χ2n) is 3.22. The molecule has 82 valence electrons. The van der Waals surface area contributed by atoms with Crippen LogP contribution in [0.1, 0.15) is 0 Å². The number of fused-ring (bicyclic) bond motifs is 1. The second kappa shape index (κ2) is 3.42. The molecular weight excluding hydrogens is 220 g/mol. The molecule has 0 aromatic carbocycles. The van der Waals surface area contributed by atoms with E-state index in [1.807, 2.05) is 0 Å². The van der Waals surface area contributed by atoms with Crippen LogP contribution in [0.5, 0.6) is 0 Å². The fourth-order valence-corrected chi connectivity index (χ4v) is 2.90. The lowest BCUT2D eigenvalue weighted by atomic mass is 10.1. The lowest BCUT2D eigenvalue weighted by molar-refractivity contribution is -0.148. The predicted octanol–water partition coefficient (Wildman–Crippen LogP) is -0.829. The molecule has 0 saturated carbocycles. The quantitative estimate of drug-likeness (QED) is 0.601. The fourth-order valence-electron chi connectivity index (χ4n) is 1.64. The number of thioether (sulfide) groups is 1. The maximum absolute atomic E-state index is 11.4. The van der Waals surface area contributed by atoms with Gasteiger partial charge in [-0.15, -0.1) is 11.8 Å².